The van der Waals surface area contributed by atoms with E-state index < -0.39 is 0 Å². The van der Waals surface area contributed by atoms with Crippen LogP contribution in [0.3, 0.4) is 0 Å². The standard InChI is InChI=1S/C14H22N2O/c1-14(7-9-17-11-14)16-10-13-5-3-2-4-12(13)6-8-15/h2-5,16H,6-11,15H2,1H3. The van der Waals surface area contributed by atoms with E-state index in [2.05, 4.69) is 36.5 Å². The van der Waals surface area contributed by atoms with Crippen LogP contribution in [0.4, 0.5) is 0 Å². The lowest BCUT2D eigenvalue weighted by atomic mass is 9.99. The lowest BCUT2D eigenvalue weighted by molar-refractivity contribution is 0.171. The molecule has 0 radical (unpaired) electrons. The van der Waals surface area contributed by atoms with Gasteiger partial charge in [-0.15, -0.1) is 0 Å². The Morgan fingerprint density at radius 2 is 2.12 bits per heavy atom. The van der Waals surface area contributed by atoms with Crippen LogP contribution in [0, 0.1) is 0 Å². The van der Waals surface area contributed by atoms with Gasteiger partial charge in [-0.3, -0.25) is 0 Å². The van der Waals surface area contributed by atoms with E-state index in [0.29, 0.717) is 6.54 Å². The molecule has 0 amide bonds. The molecule has 0 aromatic heterocycles. The van der Waals surface area contributed by atoms with Gasteiger partial charge in [0.2, 0.25) is 0 Å². The van der Waals surface area contributed by atoms with E-state index >= 15 is 0 Å². The molecule has 0 spiro atoms. The summed E-state index contributed by atoms with van der Waals surface area (Å²) in [5.41, 5.74) is 8.47. The van der Waals surface area contributed by atoms with Gasteiger partial charge < -0.3 is 15.8 Å². The molecule has 3 heteroatoms. The van der Waals surface area contributed by atoms with Gasteiger partial charge in [0, 0.05) is 18.7 Å². The first kappa shape index (κ1) is 12.6. The number of rotatable bonds is 5. The Hall–Kier alpha value is -0.900. The fourth-order valence-electron chi connectivity index (χ4n) is 2.24. The Morgan fingerprint density at radius 3 is 2.76 bits per heavy atom. The summed E-state index contributed by atoms with van der Waals surface area (Å²) in [4.78, 5) is 0. The van der Waals surface area contributed by atoms with Gasteiger partial charge in [0.1, 0.15) is 0 Å². The average Bonchev–Trinajstić information content (AvgIpc) is 2.76. The predicted octanol–water partition coefficient (Wildman–Crippen LogP) is 1.46. The Labute approximate surface area is 103 Å². The first-order valence-electron chi connectivity index (χ1n) is 6.33. The van der Waals surface area contributed by atoms with Crippen LogP contribution in [-0.2, 0) is 17.7 Å². The van der Waals surface area contributed by atoms with Crippen molar-refractivity contribution in [2.24, 2.45) is 5.73 Å². The van der Waals surface area contributed by atoms with Gasteiger partial charge in [-0.05, 0) is 37.4 Å². The van der Waals surface area contributed by atoms with Gasteiger partial charge in [0.15, 0.2) is 0 Å². The van der Waals surface area contributed by atoms with Crippen LogP contribution in [-0.4, -0.2) is 25.3 Å². The summed E-state index contributed by atoms with van der Waals surface area (Å²) in [6.45, 7) is 5.51. The molecule has 94 valence electrons. The van der Waals surface area contributed by atoms with Crippen LogP contribution in [0.25, 0.3) is 0 Å². The Morgan fingerprint density at radius 1 is 1.35 bits per heavy atom. The van der Waals surface area contributed by atoms with Crippen molar-refractivity contribution in [3.8, 4) is 0 Å². The maximum atomic E-state index is 5.63. The summed E-state index contributed by atoms with van der Waals surface area (Å²) >= 11 is 0. The fraction of sp³-hybridized carbons (Fsp3) is 0.571. The smallest absolute Gasteiger partial charge is 0.0646 e. The first-order chi connectivity index (χ1) is 8.23. The third-order valence-electron chi connectivity index (χ3n) is 3.46. The van der Waals surface area contributed by atoms with Crippen LogP contribution < -0.4 is 11.1 Å². The summed E-state index contributed by atoms with van der Waals surface area (Å²) in [6, 6.07) is 8.51. The van der Waals surface area contributed by atoms with E-state index in [9.17, 15) is 0 Å². The minimum Gasteiger partial charge on any atom is -0.379 e. The van der Waals surface area contributed by atoms with Crippen molar-refractivity contribution < 1.29 is 4.74 Å². The van der Waals surface area contributed by atoms with E-state index in [1.807, 2.05) is 0 Å². The number of hydrogen-bond acceptors (Lipinski definition) is 3. The van der Waals surface area contributed by atoms with Gasteiger partial charge in [0.05, 0.1) is 6.61 Å². The predicted molar refractivity (Wildman–Crippen MR) is 69.9 cm³/mol. The summed E-state index contributed by atoms with van der Waals surface area (Å²) in [7, 11) is 0. The van der Waals surface area contributed by atoms with E-state index in [1.54, 1.807) is 0 Å². The van der Waals surface area contributed by atoms with Crippen LogP contribution in [0.5, 0.6) is 0 Å². The highest BCUT2D eigenvalue weighted by Crippen LogP contribution is 2.19. The zero-order valence-electron chi connectivity index (χ0n) is 10.5. The van der Waals surface area contributed by atoms with Gasteiger partial charge in [-0.1, -0.05) is 24.3 Å². The molecule has 1 aromatic carbocycles. The van der Waals surface area contributed by atoms with Crippen molar-refractivity contribution in [3.63, 3.8) is 0 Å². The molecular weight excluding hydrogens is 212 g/mol. The van der Waals surface area contributed by atoms with Crippen molar-refractivity contribution in [1.82, 2.24) is 5.32 Å². The minimum atomic E-state index is 0.135. The fourth-order valence-corrected chi connectivity index (χ4v) is 2.24. The highest BCUT2D eigenvalue weighted by Gasteiger charge is 2.28. The lowest BCUT2D eigenvalue weighted by Gasteiger charge is -2.24. The number of nitrogens with one attached hydrogen (secondary N) is 1. The SMILES string of the molecule is CC1(NCc2ccccc2CCN)CCOC1. The van der Waals surface area contributed by atoms with Gasteiger partial charge in [0.25, 0.3) is 0 Å². The quantitative estimate of drug-likeness (QED) is 0.811. The van der Waals surface area contributed by atoms with Crippen LogP contribution in [0.1, 0.15) is 24.5 Å². The van der Waals surface area contributed by atoms with E-state index in [-0.39, 0.29) is 5.54 Å². The van der Waals surface area contributed by atoms with E-state index in [0.717, 1.165) is 32.6 Å². The summed E-state index contributed by atoms with van der Waals surface area (Å²) in [6.07, 6.45) is 2.04. The molecule has 1 atom stereocenters. The zero-order valence-corrected chi connectivity index (χ0v) is 10.5. The molecule has 3 nitrogen and oxygen atoms in total. The summed E-state index contributed by atoms with van der Waals surface area (Å²) in [5, 5.41) is 3.61. The second-order valence-corrected chi connectivity index (χ2v) is 5.02. The maximum absolute atomic E-state index is 5.63. The average molecular weight is 234 g/mol. The normalized spacial score (nSPS) is 24.1. The molecule has 0 bridgehead atoms. The lowest BCUT2D eigenvalue weighted by Crippen LogP contribution is -2.42. The first-order valence-corrected chi connectivity index (χ1v) is 6.33. The second kappa shape index (κ2) is 5.63. The van der Waals surface area contributed by atoms with E-state index in [1.165, 1.54) is 11.1 Å². The minimum absolute atomic E-state index is 0.135. The molecule has 17 heavy (non-hydrogen) atoms. The molecule has 1 aromatic rings. The number of ether oxygens (including phenoxy) is 1. The van der Waals surface area contributed by atoms with Crippen LogP contribution in [0.15, 0.2) is 24.3 Å². The van der Waals surface area contributed by atoms with Crippen molar-refractivity contribution in [2.75, 3.05) is 19.8 Å². The molecule has 1 aliphatic heterocycles. The van der Waals surface area contributed by atoms with Crippen molar-refractivity contribution in [3.05, 3.63) is 35.4 Å². The Balaban J connectivity index is 1.98. The van der Waals surface area contributed by atoms with Crippen molar-refractivity contribution >= 4 is 0 Å². The van der Waals surface area contributed by atoms with Crippen LogP contribution in [0.2, 0.25) is 0 Å². The molecule has 1 saturated heterocycles. The molecule has 2 rings (SSSR count). The molecule has 3 N–H and O–H groups in total. The Kier molecular flexibility index (Phi) is 4.15. The second-order valence-electron chi connectivity index (χ2n) is 5.02. The third kappa shape index (κ3) is 3.28. The maximum Gasteiger partial charge on any atom is 0.0646 e. The monoisotopic (exact) mass is 234 g/mol. The summed E-state index contributed by atoms with van der Waals surface area (Å²) < 4.78 is 5.44. The molecule has 0 aliphatic carbocycles. The van der Waals surface area contributed by atoms with Crippen molar-refractivity contribution in [2.45, 2.75) is 31.8 Å². The molecular formula is C14H22N2O. The van der Waals surface area contributed by atoms with Crippen LogP contribution >= 0.6 is 0 Å². The molecule has 1 unspecified atom stereocenters. The summed E-state index contributed by atoms with van der Waals surface area (Å²) in [5.74, 6) is 0. The van der Waals surface area contributed by atoms with Gasteiger partial charge in [-0.2, -0.15) is 0 Å². The highest BCUT2D eigenvalue weighted by atomic mass is 16.5. The van der Waals surface area contributed by atoms with Gasteiger partial charge >= 0.3 is 0 Å². The van der Waals surface area contributed by atoms with Crippen molar-refractivity contribution in [1.29, 1.82) is 0 Å². The largest absolute Gasteiger partial charge is 0.379 e. The molecule has 0 saturated carbocycles. The molecule has 1 aliphatic rings. The van der Waals surface area contributed by atoms with Gasteiger partial charge in [-0.25, -0.2) is 0 Å². The third-order valence-corrected chi connectivity index (χ3v) is 3.46. The van der Waals surface area contributed by atoms with E-state index in [4.69, 9.17) is 10.5 Å². The number of nitrogens with two attached hydrogens (primary N) is 1. The Bertz CT molecular complexity index is 359. The molecule has 1 fully saturated rings. The topological polar surface area (TPSA) is 47.3 Å². The number of hydrogen-bond donors (Lipinski definition) is 2. The molecule has 1 heterocycles. The number of benzene rings is 1. The highest BCUT2D eigenvalue weighted by molar-refractivity contribution is 5.27. The zero-order chi connectivity index (χ0) is 12.1.